The topological polar surface area (TPSA) is 105 Å². The first-order valence-electron chi connectivity index (χ1n) is 10.2. The van der Waals surface area contributed by atoms with E-state index in [2.05, 4.69) is 25.5 Å². The van der Waals surface area contributed by atoms with E-state index in [4.69, 9.17) is 10.5 Å². The van der Waals surface area contributed by atoms with E-state index in [0.29, 0.717) is 25.6 Å². The van der Waals surface area contributed by atoms with Gasteiger partial charge in [-0.25, -0.2) is 4.98 Å². The highest BCUT2D eigenvalue weighted by Gasteiger charge is 2.25. The lowest BCUT2D eigenvalue weighted by atomic mass is 9.97. The van der Waals surface area contributed by atoms with Gasteiger partial charge in [-0.05, 0) is 36.6 Å². The number of guanidine groups is 1. The quantitative estimate of drug-likeness (QED) is 0.474. The molecule has 1 atom stereocenters. The molecule has 1 unspecified atom stereocenters. The summed E-state index contributed by atoms with van der Waals surface area (Å²) in [6.45, 7) is 2.68. The maximum Gasteiger partial charge on any atom is 0.222 e. The third kappa shape index (κ3) is 5.62. The van der Waals surface area contributed by atoms with Gasteiger partial charge in [-0.1, -0.05) is 18.2 Å². The van der Waals surface area contributed by atoms with E-state index in [-0.39, 0.29) is 11.8 Å². The van der Waals surface area contributed by atoms with Crippen LogP contribution in [0.3, 0.4) is 0 Å². The second-order valence-corrected chi connectivity index (χ2v) is 7.30. The molecular formula is C22H30N6O2. The molecule has 30 heavy (non-hydrogen) atoms. The van der Waals surface area contributed by atoms with E-state index >= 15 is 0 Å². The van der Waals surface area contributed by atoms with Gasteiger partial charge in [0.15, 0.2) is 5.96 Å². The highest BCUT2D eigenvalue weighted by molar-refractivity contribution is 5.80. The molecule has 0 bridgehead atoms. The fourth-order valence-electron chi connectivity index (χ4n) is 3.62. The molecule has 2 aromatic rings. The lowest BCUT2D eigenvalue weighted by molar-refractivity contribution is -0.122. The number of rotatable bonds is 7. The van der Waals surface area contributed by atoms with Crippen LogP contribution < -0.4 is 26.0 Å². The molecule has 4 N–H and O–H groups in total. The van der Waals surface area contributed by atoms with Crippen LogP contribution in [0.4, 0.5) is 5.82 Å². The minimum Gasteiger partial charge on any atom is -0.497 e. The molecule has 1 aromatic heterocycles. The Morgan fingerprint density at radius 3 is 2.90 bits per heavy atom. The van der Waals surface area contributed by atoms with Crippen molar-refractivity contribution in [3.8, 4) is 5.75 Å². The van der Waals surface area contributed by atoms with Crippen LogP contribution >= 0.6 is 0 Å². The Bertz CT molecular complexity index is 885. The van der Waals surface area contributed by atoms with E-state index in [1.807, 2.05) is 36.4 Å². The number of pyridine rings is 1. The Labute approximate surface area is 177 Å². The van der Waals surface area contributed by atoms with Gasteiger partial charge in [-0.2, -0.15) is 0 Å². The number of piperidine rings is 1. The molecule has 1 saturated heterocycles. The molecule has 160 valence electrons. The first kappa shape index (κ1) is 21.4. The third-order valence-corrected chi connectivity index (χ3v) is 5.25. The molecule has 1 aromatic carbocycles. The van der Waals surface area contributed by atoms with Gasteiger partial charge in [0.05, 0.1) is 13.0 Å². The maximum atomic E-state index is 11.6. The van der Waals surface area contributed by atoms with E-state index < -0.39 is 0 Å². The normalized spacial score (nSPS) is 16.8. The van der Waals surface area contributed by atoms with Crippen molar-refractivity contribution in [2.45, 2.75) is 25.9 Å². The molecule has 8 heteroatoms. The molecule has 1 aliphatic rings. The molecule has 0 radical (unpaired) electrons. The van der Waals surface area contributed by atoms with Crippen molar-refractivity contribution in [3.63, 3.8) is 0 Å². The van der Waals surface area contributed by atoms with Gasteiger partial charge in [-0.3, -0.25) is 9.79 Å². The molecule has 2 heterocycles. The zero-order chi connectivity index (χ0) is 21.3. The van der Waals surface area contributed by atoms with Gasteiger partial charge in [0.2, 0.25) is 5.91 Å². The largest absolute Gasteiger partial charge is 0.497 e. The van der Waals surface area contributed by atoms with Crippen molar-refractivity contribution in [1.29, 1.82) is 0 Å². The summed E-state index contributed by atoms with van der Waals surface area (Å²) < 4.78 is 5.27. The number of nitrogens with one attached hydrogen (secondary N) is 2. The maximum absolute atomic E-state index is 11.6. The summed E-state index contributed by atoms with van der Waals surface area (Å²) in [5.74, 6) is 2.05. The summed E-state index contributed by atoms with van der Waals surface area (Å²) in [6, 6.07) is 11.9. The van der Waals surface area contributed by atoms with Gasteiger partial charge in [0.1, 0.15) is 11.6 Å². The summed E-state index contributed by atoms with van der Waals surface area (Å²) in [5, 5.41) is 6.66. The average Bonchev–Trinajstić information content (AvgIpc) is 2.79. The predicted octanol–water partition coefficient (Wildman–Crippen LogP) is 1.66. The number of nitrogens with two attached hydrogens (primary N) is 1. The molecule has 0 saturated carbocycles. The van der Waals surface area contributed by atoms with Gasteiger partial charge >= 0.3 is 0 Å². The van der Waals surface area contributed by atoms with Crippen molar-refractivity contribution in [3.05, 3.63) is 53.7 Å². The van der Waals surface area contributed by atoms with Crippen LogP contribution in [-0.4, -0.2) is 44.1 Å². The number of carbonyl (C=O) groups is 1. The van der Waals surface area contributed by atoms with Crippen LogP contribution in [-0.2, 0) is 17.9 Å². The minimum absolute atomic E-state index is 0.126. The number of methoxy groups -OCH3 is 1. The number of amides is 1. The van der Waals surface area contributed by atoms with Crippen molar-refractivity contribution in [2.75, 3.05) is 32.1 Å². The summed E-state index contributed by atoms with van der Waals surface area (Å²) >= 11 is 0. The van der Waals surface area contributed by atoms with E-state index in [0.717, 1.165) is 42.1 Å². The fraction of sp³-hybridized carbons (Fsp3) is 0.409. The number of ether oxygens (including phenoxy) is 1. The van der Waals surface area contributed by atoms with Crippen LogP contribution in [0.2, 0.25) is 0 Å². The predicted molar refractivity (Wildman–Crippen MR) is 118 cm³/mol. The van der Waals surface area contributed by atoms with Gasteiger partial charge in [0.25, 0.3) is 0 Å². The molecule has 0 spiro atoms. The second-order valence-electron chi connectivity index (χ2n) is 7.30. The Morgan fingerprint density at radius 1 is 1.30 bits per heavy atom. The standard InChI is InChI=1S/C22H30N6O2/c1-24-22(26-13-16-6-3-9-19(12-16)30-2)27-14-17-7-4-10-25-21(17)28-11-5-8-18(15-28)20(23)29/h3-4,6-7,9-10,12,18H,5,8,11,13-15H2,1-2H3,(H2,23,29)(H2,24,26,27). The van der Waals surface area contributed by atoms with Crippen LogP contribution in [0, 0.1) is 5.92 Å². The van der Waals surface area contributed by atoms with Crippen LogP contribution in [0.5, 0.6) is 5.75 Å². The number of carbonyl (C=O) groups excluding carboxylic acids is 1. The zero-order valence-electron chi connectivity index (χ0n) is 17.6. The van der Waals surface area contributed by atoms with Gasteiger partial charge in [0, 0.05) is 45.0 Å². The van der Waals surface area contributed by atoms with Gasteiger partial charge < -0.3 is 26.0 Å². The van der Waals surface area contributed by atoms with E-state index in [1.54, 1.807) is 20.4 Å². The number of anilines is 1. The number of nitrogens with zero attached hydrogens (tertiary/aromatic N) is 3. The van der Waals surface area contributed by atoms with Crippen LogP contribution in [0.15, 0.2) is 47.6 Å². The number of aliphatic imine (C=N–C) groups is 1. The zero-order valence-corrected chi connectivity index (χ0v) is 17.6. The lowest BCUT2D eigenvalue weighted by Gasteiger charge is -2.33. The first-order valence-corrected chi connectivity index (χ1v) is 10.2. The summed E-state index contributed by atoms with van der Waals surface area (Å²) in [4.78, 5) is 22.7. The number of benzene rings is 1. The Hall–Kier alpha value is -3.29. The van der Waals surface area contributed by atoms with E-state index in [1.165, 1.54) is 0 Å². The lowest BCUT2D eigenvalue weighted by Crippen LogP contribution is -2.42. The van der Waals surface area contributed by atoms with Crippen LogP contribution in [0.1, 0.15) is 24.0 Å². The average molecular weight is 411 g/mol. The number of primary amides is 1. The number of aromatic nitrogens is 1. The molecule has 1 fully saturated rings. The van der Waals surface area contributed by atoms with Crippen molar-refractivity contribution in [2.24, 2.45) is 16.6 Å². The van der Waals surface area contributed by atoms with Crippen LogP contribution in [0.25, 0.3) is 0 Å². The summed E-state index contributed by atoms with van der Waals surface area (Å²) in [6.07, 6.45) is 3.55. The molecular weight excluding hydrogens is 380 g/mol. The Balaban J connectivity index is 1.61. The Morgan fingerprint density at radius 2 is 2.13 bits per heavy atom. The SMILES string of the molecule is CN=C(NCc1cccc(OC)c1)NCc1cccnc1N1CCCC(C(N)=O)C1. The van der Waals surface area contributed by atoms with Crippen molar-refractivity contribution >= 4 is 17.7 Å². The van der Waals surface area contributed by atoms with Gasteiger partial charge in [-0.15, -0.1) is 0 Å². The Kier molecular flexibility index (Phi) is 7.48. The molecule has 8 nitrogen and oxygen atoms in total. The fourth-order valence-corrected chi connectivity index (χ4v) is 3.62. The summed E-state index contributed by atoms with van der Waals surface area (Å²) in [5.41, 5.74) is 7.68. The first-order chi connectivity index (χ1) is 14.6. The van der Waals surface area contributed by atoms with E-state index in [9.17, 15) is 4.79 Å². The molecule has 1 aliphatic heterocycles. The highest BCUT2D eigenvalue weighted by Crippen LogP contribution is 2.24. The number of hydrogen-bond donors (Lipinski definition) is 3. The second kappa shape index (κ2) is 10.5. The molecule has 0 aliphatic carbocycles. The molecule has 3 rings (SSSR count). The van der Waals surface area contributed by atoms with Crippen molar-refractivity contribution in [1.82, 2.24) is 15.6 Å². The number of hydrogen-bond acceptors (Lipinski definition) is 5. The highest BCUT2D eigenvalue weighted by atomic mass is 16.5. The minimum atomic E-state index is -0.238. The summed E-state index contributed by atoms with van der Waals surface area (Å²) in [7, 11) is 3.40. The van der Waals surface area contributed by atoms with Crippen molar-refractivity contribution < 1.29 is 9.53 Å². The smallest absolute Gasteiger partial charge is 0.222 e. The monoisotopic (exact) mass is 410 g/mol. The molecule has 1 amide bonds. The third-order valence-electron chi connectivity index (χ3n) is 5.25.